The average Bonchev–Trinajstić information content (AvgIpc) is 2.27. The Bertz CT molecular complexity index is 141. The summed E-state index contributed by atoms with van der Waals surface area (Å²) in [5.41, 5.74) is 0. The molecule has 0 bridgehead atoms. The first-order chi connectivity index (χ1) is 6.20. The van der Waals surface area contributed by atoms with Crippen LogP contribution in [0.15, 0.2) is 0 Å². The fourth-order valence-electron chi connectivity index (χ4n) is 1.62. The minimum Gasteiger partial charge on any atom is -0.380 e. The Labute approximate surface area is 80.1 Å². The minimum absolute atomic E-state index is 0.543. The standard InChI is InChI=1S/C10H20FNO/c1-9(11)3-5-12-6-8-13-7-4-10(12)2/h9-10H,3-8H2,1-2H3. The molecule has 1 saturated heterocycles. The predicted molar refractivity (Wildman–Crippen MR) is 51.7 cm³/mol. The van der Waals surface area contributed by atoms with Crippen LogP contribution in [-0.2, 0) is 4.74 Å². The molecular formula is C10H20FNO. The zero-order chi connectivity index (χ0) is 9.68. The van der Waals surface area contributed by atoms with Crippen LogP contribution in [0.4, 0.5) is 4.39 Å². The summed E-state index contributed by atoms with van der Waals surface area (Å²) in [6, 6.07) is 0.543. The number of hydrogen-bond donors (Lipinski definition) is 0. The van der Waals surface area contributed by atoms with Gasteiger partial charge in [-0.15, -0.1) is 0 Å². The van der Waals surface area contributed by atoms with Crippen molar-refractivity contribution in [3.05, 3.63) is 0 Å². The van der Waals surface area contributed by atoms with E-state index < -0.39 is 6.17 Å². The molecule has 78 valence electrons. The molecule has 2 nitrogen and oxygen atoms in total. The molecule has 0 aromatic rings. The van der Waals surface area contributed by atoms with Gasteiger partial charge in [-0.2, -0.15) is 0 Å². The number of nitrogens with zero attached hydrogens (tertiary/aromatic N) is 1. The van der Waals surface area contributed by atoms with Gasteiger partial charge < -0.3 is 4.74 Å². The topological polar surface area (TPSA) is 12.5 Å². The second-order valence-electron chi connectivity index (χ2n) is 3.86. The highest BCUT2D eigenvalue weighted by atomic mass is 19.1. The summed E-state index contributed by atoms with van der Waals surface area (Å²) in [5.74, 6) is 0. The first-order valence-electron chi connectivity index (χ1n) is 5.16. The van der Waals surface area contributed by atoms with E-state index in [1.54, 1.807) is 6.92 Å². The highest BCUT2D eigenvalue weighted by Crippen LogP contribution is 2.10. The second-order valence-corrected chi connectivity index (χ2v) is 3.86. The van der Waals surface area contributed by atoms with Crippen molar-refractivity contribution in [2.45, 2.75) is 38.9 Å². The second kappa shape index (κ2) is 5.55. The Hall–Kier alpha value is -0.150. The van der Waals surface area contributed by atoms with Crippen LogP contribution in [0.3, 0.4) is 0 Å². The molecule has 1 aliphatic rings. The summed E-state index contributed by atoms with van der Waals surface area (Å²) >= 11 is 0. The summed E-state index contributed by atoms with van der Waals surface area (Å²) in [4.78, 5) is 2.32. The Morgan fingerprint density at radius 2 is 2.31 bits per heavy atom. The summed E-state index contributed by atoms with van der Waals surface area (Å²) in [6.07, 6.45) is 1.03. The molecule has 2 atom stereocenters. The number of ether oxygens (including phenoxy) is 1. The molecule has 2 unspecified atom stereocenters. The van der Waals surface area contributed by atoms with Gasteiger partial charge in [-0.1, -0.05) is 0 Å². The van der Waals surface area contributed by atoms with Crippen molar-refractivity contribution in [2.75, 3.05) is 26.3 Å². The third-order valence-corrected chi connectivity index (χ3v) is 2.64. The lowest BCUT2D eigenvalue weighted by Crippen LogP contribution is -2.35. The summed E-state index contributed by atoms with van der Waals surface area (Å²) in [6.45, 7) is 7.28. The number of rotatable bonds is 3. The highest BCUT2D eigenvalue weighted by molar-refractivity contribution is 4.70. The minimum atomic E-state index is -0.684. The van der Waals surface area contributed by atoms with E-state index in [2.05, 4.69) is 11.8 Å². The molecule has 0 aromatic carbocycles. The molecule has 3 heteroatoms. The quantitative estimate of drug-likeness (QED) is 0.671. The van der Waals surface area contributed by atoms with Gasteiger partial charge in [-0.3, -0.25) is 4.90 Å². The summed E-state index contributed by atoms with van der Waals surface area (Å²) in [7, 11) is 0. The molecule has 0 aromatic heterocycles. The molecule has 1 fully saturated rings. The van der Waals surface area contributed by atoms with Crippen molar-refractivity contribution in [1.82, 2.24) is 4.90 Å². The first-order valence-corrected chi connectivity index (χ1v) is 5.16. The van der Waals surface area contributed by atoms with E-state index in [4.69, 9.17) is 4.74 Å². The van der Waals surface area contributed by atoms with Crippen molar-refractivity contribution in [3.8, 4) is 0 Å². The Morgan fingerprint density at radius 1 is 1.54 bits per heavy atom. The van der Waals surface area contributed by atoms with E-state index in [1.165, 1.54) is 0 Å². The summed E-state index contributed by atoms with van der Waals surface area (Å²) in [5, 5.41) is 0. The molecule has 1 aliphatic heterocycles. The molecular weight excluding hydrogens is 169 g/mol. The third kappa shape index (κ3) is 4.05. The molecule has 13 heavy (non-hydrogen) atoms. The van der Waals surface area contributed by atoms with E-state index in [0.717, 1.165) is 32.7 Å². The number of halogens is 1. The van der Waals surface area contributed by atoms with Gasteiger partial charge in [0.15, 0.2) is 0 Å². The lowest BCUT2D eigenvalue weighted by molar-refractivity contribution is 0.138. The van der Waals surface area contributed by atoms with Crippen molar-refractivity contribution < 1.29 is 9.13 Å². The molecule has 0 saturated carbocycles. The Kier molecular flexibility index (Phi) is 4.67. The van der Waals surface area contributed by atoms with Crippen molar-refractivity contribution in [1.29, 1.82) is 0 Å². The Morgan fingerprint density at radius 3 is 3.00 bits per heavy atom. The van der Waals surface area contributed by atoms with E-state index >= 15 is 0 Å². The third-order valence-electron chi connectivity index (χ3n) is 2.64. The summed E-state index contributed by atoms with van der Waals surface area (Å²) < 4.78 is 18.0. The lowest BCUT2D eigenvalue weighted by Gasteiger charge is -2.26. The lowest BCUT2D eigenvalue weighted by atomic mass is 10.2. The maximum absolute atomic E-state index is 12.6. The fourth-order valence-corrected chi connectivity index (χ4v) is 1.62. The van der Waals surface area contributed by atoms with Gasteiger partial charge in [-0.05, 0) is 26.7 Å². The van der Waals surface area contributed by atoms with Crippen LogP contribution in [0, 0.1) is 0 Å². The van der Waals surface area contributed by atoms with Crippen molar-refractivity contribution >= 4 is 0 Å². The average molecular weight is 189 g/mol. The van der Waals surface area contributed by atoms with Crippen LogP contribution < -0.4 is 0 Å². The van der Waals surface area contributed by atoms with Gasteiger partial charge in [0.2, 0.25) is 0 Å². The number of hydrogen-bond acceptors (Lipinski definition) is 2. The molecule has 1 heterocycles. The van der Waals surface area contributed by atoms with Crippen molar-refractivity contribution in [3.63, 3.8) is 0 Å². The highest BCUT2D eigenvalue weighted by Gasteiger charge is 2.17. The van der Waals surface area contributed by atoms with Gasteiger partial charge in [0, 0.05) is 25.7 Å². The van der Waals surface area contributed by atoms with Gasteiger partial charge in [-0.25, -0.2) is 4.39 Å². The predicted octanol–water partition coefficient (Wildman–Crippen LogP) is 1.85. The molecule has 0 N–H and O–H groups in total. The molecule has 0 radical (unpaired) electrons. The van der Waals surface area contributed by atoms with Crippen LogP contribution in [0.25, 0.3) is 0 Å². The maximum atomic E-state index is 12.6. The monoisotopic (exact) mass is 189 g/mol. The van der Waals surface area contributed by atoms with E-state index in [1.807, 2.05) is 0 Å². The van der Waals surface area contributed by atoms with Gasteiger partial charge >= 0.3 is 0 Å². The molecule has 0 amide bonds. The molecule has 0 aliphatic carbocycles. The van der Waals surface area contributed by atoms with Crippen molar-refractivity contribution in [2.24, 2.45) is 0 Å². The molecule has 1 rings (SSSR count). The first kappa shape index (κ1) is 10.9. The van der Waals surface area contributed by atoms with Gasteiger partial charge in [0.05, 0.1) is 12.8 Å². The molecule has 0 spiro atoms. The number of alkyl halides is 1. The smallest absolute Gasteiger partial charge is 0.0985 e. The zero-order valence-electron chi connectivity index (χ0n) is 8.63. The van der Waals surface area contributed by atoms with Crippen LogP contribution in [0.5, 0.6) is 0 Å². The maximum Gasteiger partial charge on any atom is 0.0985 e. The van der Waals surface area contributed by atoms with Crippen LogP contribution in [0.2, 0.25) is 0 Å². The van der Waals surface area contributed by atoms with Crippen LogP contribution >= 0.6 is 0 Å². The SMILES string of the molecule is CC(F)CCN1CCOCCC1C. The fraction of sp³-hybridized carbons (Fsp3) is 1.00. The van der Waals surface area contributed by atoms with E-state index in [9.17, 15) is 4.39 Å². The zero-order valence-corrected chi connectivity index (χ0v) is 8.63. The van der Waals surface area contributed by atoms with E-state index in [0.29, 0.717) is 12.5 Å². The normalized spacial score (nSPS) is 28.4. The van der Waals surface area contributed by atoms with E-state index in [-0.39, 0.29) is 0 Å². The van der Waals surface area contributed by atoms with Crippen LogP contribution in [-0.4, -0.2) is 43.4 Å². The Balaban J connectivity index is 2.27. The van der Waals surface area contributed by atoms with Crippen LogP contribution in [0.1, 0.15) is 26.7 Å². The van der Waals surface area contributed by atoms with Gasteiger partial charge in [0.25, 0.3) is 0 Å². The largest absolute Gasteiger partial charge is 0.380 e. The van der Waals surface area contributed by atoms with Gasteiger partial charge in [0.1, 0.15) is 0 Å².